The van der Waals surface area contributed by atoms with E-state index in [2.05, 4.69) is 22.3 Å². The first kappa shape index (κ1) is 17.2. The second-order valence-corrected chi connectivity index (χ2v) is 7.90. The second-order valence-electron chi connectivity index (χ2n) is 7.90. The minimum atomic E-state index is -0.487. The normalized spacial score (nSPS) is 27.6. The molecule has 5 heteroatoms. The summed E-state index contributed by atoms with van der Waals surface area (Å²) in [6, 6.07) is 8.36. The zero-order chi connectivity index (χ0) is 17.3. The molecule has 0 saturated carbocycles. The predicted molar refractivity (Wildman–Crippen MR) is 92.9 cm³/mol. The smallest absolute Gasteiger partial charge is 0.407 e. The Morgan fingerprint density at radius 3 is 2.83 bits per heavy atom. The summed E-state index contributed by atoms with van der Waals surface area (Å²) in [5.41, 5.74) is 1.97. The van der Waals surface area contributed by atoms with Crippen molar-refractivity contribution in [2.75, 3.05) is 13.1 Å². The van der Waals surface area contributed by atoms with Crippen molar-refractivity contribution in [1.82, 2.24) is 10.2 Å². The molecule has 24 heavy (non-hydrogen) atoms. The van der Waals surface area contributed by atoms with Crippen LogP contribution in [-0.4, -0.2) is 46.9 Å². The van der Waals surface area contributed by atoms with Crippen molar-refractivity contribution in [3.63, 3.8) is 0 Å². The van der Waals surface area contributed by atoms with E-state index in [0.717, 1.165) is 25.9 Å². The maximum atomic E-state index is 12.0. The molecule has 0 bridgehead atoms. The van der Waals surface area contributed by atoms with Gasteiger partial charge in [-0.3, -0.25) is 4.90 Å². The summed E-state index contributed by atoms with van der Waals surface area (Å²) in [4.78, 5) is 14.3. The van der Waals surface area contributed by atoms with Gasteiger partial charge in [0, 0.05) is 19.0 Å². The molecule has 1 aromatic carbocycles. The number of ether oxygens (including phenoxy) is 1. The fourth-order valence-electron chi connectivity index (χ4n) is 3.84. The largest absolute Gasteiger partial charge is 0.444 e. The summed E-state index contributed by atoms with van der Waals surface area (Å²) in [5, 5.41) is 13.5. The number of fused-ring (bicyclic) bond motifs is 1. The van der Waals surface area contributed by atoms with Crippen LogP contribution in [0.5, 0.6) is 0 Å². The fraction of sp³-hybridized carbons (Fsp3) is 0.632. The Balaban J connectivity index is 1.65. The first-order valence-corrected chi connectivity index (χ1v) is 8.83. The highest BCUT2D eigenvalue weighted by atomic mass is 16.6. The molecular weight excluding hydrogens is 304 g/mol. The van der Waals surface area contributed by atoms with E-state index in [0.29, 0.717) is 6.42 Å². The number of piperidine rings is 1. The van der Waals surface area contributed by atoms with Gasteiger partial charge >= 0.3 is 6.09 Å². The summed E-state index contributed by atoms with van der Waals surface area (Å²) >= 11 is 0. The Hall–Kier alpha value is -1.59. The van der Waals surface area contributed by atoms with E-state index in [1.165, 1.54) is 11.1 Å². The summed E-state index contributed by atoms with van der Waals surface area (Å²) in [6.07, 6.45) is 1.93. The number of aliphatic hydroxyl groups excluding tert-OH is 1. The third kappa shape index (κ3) is 3.90. The molecule has 0 spiro atoms. The molecule has 1 aromatic rings. The average molecular weight is 332 g/mol. The van der Waals surface area contributed by atoms with Gasteiger partial charge in [0.05, 0.1) is 12.1 Å². The molecule has 2 N–H and O–H groups in total. The summed E-state index contributed by atoms with van der Waals surface area (Å²) in [6.45, 7) is 7.29. The number of hydrogen-bond donors (Lipinski definition) is 2. The van der Waals surface area contributed by atoms with Crippen molar-refractivity contribution < 1.29 is 14.6 Å². The van der Waals surface area contributed by atoms with Crippen molar-refractivity contribution in [1.29, 1.82) is 0 Å². The zero-order valence-corrected chi connectivity index (χ0v) is 14.8. The molecule has 1 amide bonds. The zero-order valence-electron chi connectivity index (χ0n) is 14.8. The highest BCUT2D eigenvalue weighted by molar-refractivity contribution is 5.68. The van der Waals surface area contributed by atoms with Crippen LogP contribution in [0, 0.1) is 0 Å². The molecule has 132 valence electrons. The van der Waals surface area contributed by atoms with E-state index >= 15 is 0 Å². The van der Waals surface area contributed by atoms with Gasteiger partial charge in [0.25, 0.3) is 0 Å². The van der Waals surface area contributed by atoms with Crippen LogP contribution >= 0.6 is 0 Å². The van der Waals surface area contributed by atoms with Gasteiger partial charge in [-0.1, -0.05) is 24.3 Å². The summed E-state index contributed by atoms with van der Waals surface area (Å²) in [5.74, 6) is 0. The summed E-state index contributed by atoms with van der Waals surface area (Å²) < 4.78 is 5.36. The van der Waals surface area contributed by atoms with Crippen molar-refractivity contribution >= 4 is 6.09 Å². The van der Waals surface area contributed by atoms with E-state index in [9.17, 15) is 9.90 Å². The van der Waals surface area contributed by atoms with Crippen LogP contribution in [0.25, 0.3) is 0 Å². The van der Waals surface area contributed by atoms with Crippen molar-refractivity contribution in [2.45, 2.75) is 63.8 Å². The Morgan fingerprint density at radius 2 is 2.08 bits per heavy atom. The third-order valence-electron chi connectivity index (χ3n) is 4.73. The number of hydrogen-bond acceptors (Lipinski definition) is 4. The SMILES string of the molecule is CC(C)(C)OC(=O)NC1CCCN(C2c3ccccc3CC2O)C1. The second kappa shape index (κ2) is 6.73. The quantitative estimate of drug-likeness (QED) is 0.874. The Kier molecular flexibility index (Phi) is 4.83. The number of likely N-dealkylation sites (tertiary alicyclic amines) is 1. The van der Waals surface area contributed by atoms with Crippen molar-refractivity contribution in [3.05, 3.63) is 35.4 Å². The lowest BCUT2D eigenvalue weighted by atomic mass is 10.00. The number of carbonyl (C=O) groups excluding carboxylic acids is 1. The molecule has 0 radical (unpaired) electrons. The van der Waals surface area contributed by atoms with Gasteiger partial charge in [-0.2, -0.15) is 0 Å². The van der Waals surface area contributed by atoms with Gasteiger partial charge < -0.3 is 15.2 Å². The molecule has 1 fully saturated rings. The number of nitrogens with zero attached hydrogens (tertiary/aromatic N) is 1. The van der Waals surface area contributed by atoms with E-state index in [4.69, 9.17) is 4.74 Å². The molecule has 1 saturated heterocycles. The highest BCUT2D eigenvalue weighted by Crippen LogP contribution is 2.37. The van der Waals surface area contributed by atoms with Gasteiger partial charge in [-0.05, 0) is 51.3 Å². The standard InChI is InChI=1S/C19H28N2O3/c1-19(2,3)24-18(23)20-14-8-6-10-21(12-14)17-15-9-5-4-7-13(15)11-16(17)22/h4-5,7,9,14,16-17,22H,6,8,10-12H2,1-3H3,(H,20,23). The van der Waals surface area contributed by atoms with Crippen LogP contribution in [0.4, 0.5) is 4.79 Å². The first-order chi connectivity index (χ1) is 11.3. The predicted octanol–water partition coefficient (Wildman–Crippen LogP) is 2.63. The Morgan fingerprint density at radius 1 is 1.33 bits per heavy atom. The van der Waals surface area contributed by atoms with Gasteiger partial charge in [0.15, 0.2) is 0 Å². The van der Waals surface area contributed by atoms with Crippen LogP contribution in [0.2, 0.25) is 0 Å². The number of amides is 1. The molecule has 0 aromatic heterocycles. The Bertz CT molecular complexity index is 597. The maximum Gasteiger partial charge on any atom is 0.407 e. The molecule has 1 aliphatic heterocycles. The molecule has 5 nitrogen and oxygen atoms in total. The molecule has 1 heterocycles. The lowest BCUT2D eigenvalue weighted by Crippen LogP contribution is -2.50. The lowest BCUT2D eigenvalue weighted by Gasteiger charge is -2.38. The van der Waals surface area contributed by atoms with Gasteiger partial charge in [0.2, 0.25) is 0 Å². The van der Waals surface area contributed by atoms with Crippen LogP contribution in [-0.2, 0) is 11.2 Å². The Labute approximate surface area is 144 Å². The van der Waals surface area contributed by atoms with E-state index in [1.54, 1.807) is 0 Å². The minimum Gasteiger partial charge on any atom is -0.444 e. The number of carbonyl (C=O) groups is 1. The average Bonchev–Trinajstić information content (AvgIpc) is 2.81. The number of alkyl carbamates (subject to hydrolysis) is 1. The minimum absolute atomic E-state index is 0.0319. The van der Waals surface area contributed by atoms with Crippen molar-refractivity contribution in [2.24, 2.45) is 0 Å². The molecule has 2 aliphatic rings. The van der Waals surface area contributed by atoms with E-state index < -0.39 is 5.60 Å². The third-order valence-corrected chi connectivity index (χ3v) is 4.73. The maximum absolute atomic E-state index is 12.0. The molecule has 3 unspecified atom stereocenters. The first-order valence-electron chi connectivity index (χ1n) is 8.83. The monoisotopic (exact) mass is 332 g/mol. The van der Waals surface area contributed by atoms with E-state index in [-0.39, 0.29) is 24.3 Å². The fourth-order valence-corrected chi connectivity index (χ4v) is 3.84. The van der Waals surface area contributed by atoms with Gasteiger partial charge in [-0.15, -0.1) is 0 Å². The number of aliphatic hydroxyl groups is 1. The van der Waals surface area contributed by atoms with Gasteiger partial charge in [-0.25, -0.2) is 4.79 Å². The van der Waals surface area contributed by atoms with Crippen LogP contribution < -0.4 is 5.32 Å². The molecule has 3 atom stereocenters. The molecule has 3 rings (SSSR count). The lowest BCUT2D eigenvalue weighted by molar-refractivity contribution is 0.0302. The number of nitrogens with one attached hydrogen (secondary N) is 1. The number of rotatable bonds is 2. The van der Waals surface area contributed by atoms with Gasteiger partial charge in [0.1, 0.15) is 5.60 Å². The topological polar surface area (TPSA) is 61.8 Å². The summed E-state index contributed by atoms with van der Waals surface area (Å²) in [7, 11) is 0. The van der Waals surface area contributed by atoms with Crippen LogP contribution in [0.1, 0.15) is 50.8 Å². The van der Waals surface area contributed by atoms with Crippen LogP contribution in [0.15, 0.2) is 24.3 Å². The molecular formula is C19H28N2O3. The van der Waals surface area contributed by atoms with Crippen LogP contribution in [0.3, 0.4) is 0 Å². The van der Waals surface area contributed by atoms with E-state index in [1.807, 2.05) is 32.9 Å². The highest BCUT2D eigenvalue weighted by Gasteiger charge is 2.37. The number of benzene rings is 1. The molecule has 1 aliphatic carbocycles. The van der Waals surface area contributed by atoms with Crippen molar-refractivity contribution in [3.8, 4) is 0 Å².